The number of carbonyl (C=O) groups is 1. The third-order valence-electron chi connectivity index (χ3n) is 4.22. The Balaban J connectivity index is 1.91. The van der Waals surface area contributed by atoms with Crippen molar-refractivity contribution < 1.29 is 4.79 Å². The first-order valence-electron chi connectivity index (χ1n) is 6.45. The normalized spacial score (nSPS) is 30.9. The predicted octanol–water partition coefficient (Wildman–Crippen LogP) is 2.57. The highest BCUT2D eigenvalue weighted by Gasteiger charge is 2.36. The van der Waals surface area contributed by atoms with E-state index in [0.29, 0.717) is 10.5 Å². The van der Waals surface area contributed by atoms with E-state index in [1.165, 1.54) is 32.2 Å². The van der Waals surface area contributed by atoms with Gasteiger partial charge < -0.3 is 4.90 Å². The van der Waals surface area contributed by atoms with Crippen molar-refractivity contribution in [3.63, 3.8) is 0 Å². The van der Waals surface area contributed by atoms with Crippen LogP contribution in [-0.2, 0) is 4.79 Å². The van der Waals surface area contributed by atoms with Crippen LogP contribution in [0.4, 0.5) is 0 Å². The predicted molar refractivity (Wildman–Crippen MR) is 69.9 cm³/mol. The van der Waals surface area contributed by atoms with Crippen LogP contribution >= 0.6 is 11.8 Å². The van der Waals surface area contributed by atoms with Gasteiger partial charge in [-0.25, -0.2) is 0 Å². The fraction of sp³-hybridized carbons (Fsp3) is 0.923. The molecule has 2 rings (SSSR count). The lowest BCUT2D eigenvalue weighted by atomic mass is 9.96. The molecule has 1 aliphatic heterocycles. The van der Waals surface area contributed by atoms with Crippen molar-refractivity contribution in [2.75, 3.05) is 25.9 Å². The van der Waals surface area contributed by atoms with E-state index >= 15 is 0 Å². The van der Waals surface area contributed by atoms with Gasteiger partial charge in [0.1, 0.15) is 5.78 Å². The Labute approximate surface area is 103 Å². The molecular formula is C13H23NOS. The molecule has 0 aromatic heterocycles. The topological polar surface area (TPSA) is 20.3 Å². The zero-order valence-electron chi connectivity index (χ0n) is 10.5. The van der Waals surface area contributed by atoms with Crippen molar-refractivity contribution in [3.05, 3.63) is 0 Å². The Morgan fingerprint density at radius 1 is 1.44 bits per heavy atom. The molecule has 1 atom stereocenters. The van der Waals surface area contributed by atoms with Gasteiger partial charge in [0.25, 0.3) is 0 Å². The first-order chi connectivity index (χ1) is 7.65. The number of ketones is 1. The molecule has 0 radical (unpaired) electrons. The van der Waals surface area contributed by atoms with E-state index in [2.05, 4.69) is 18.1 Å². The van der Waals surface area contributed by atoms with Crippen LogP contribution in [0.3, 0.4) is 0 Å². The summed E-state index contributed by atoms with van der Waals surface area (Å²) in [6.45, 7) is 5.26. The number of rotatable bonds is 3. The van der Waals surface area contributed by atoms with E-state index in [1.54, 1.807) is 0 Å². The average molecular weight is 241 g/mol. The molecule has 16 heavy (non-hydrogen) atoms. The van der Waals surface area contributed by atoms with E-state index in [4.69, 9.17) is 0 Å². The molecule has 3 heteroatoms. The summed E-state index contributed by atoms with van der Waals surface area (Å²) < 4.78 is 0.500. The van der Waals surface area contributed by atoms with Crippen molar-refractivity contribution in [2.24, 2.45) is 5.92 Å². The van der Waals surface area contributed by atoms with Crippen molar-refractivity contribution in [2.45, 2.75) is 43.8 Å². The first-order valence-corrected chi connectivity index (χ1v) is 7.68. The third kappa shape index (κ3) is 2.62. The summed E-state index contributed by atoms with van der Waals surface area (Å²) in [5.41, 5.74) is 0. The van der Waals surface area contributed by atoms with Gasteiger partial charge in [0, 0.05) is 36.7 Å². The summed E-state index contributed by atoms with van der Waals surface area (Å²) in [5, 5.41) is 0. The van der Waals surface area contributed by atoms with Gasteiger partial charge in [0.15, 0.2) is 0 Å². The first kappa shape index (κ1) is 12.4. The number of hydrogen-bond donors (Lipinski definition) is 0. The van der Waals surface area contributed by atoms with Gasteiger partial charge in [-0.05, 0) is 19.1 Å². The molecule has 92 valence electrons. The standard InChI is InChI=1S/C13H23NOS/c1-11-9-14(8-5-12(11)15)10-13(16-2)6-3-4-7-13/h11H,3-10H2,1-2H3. The minimum absolute atomic E-state index is 0.258. The van der Waals surface area contributed by atoms with E-state index in [9.17, 15) is 4.79 Å². The molecule has 0 aromatic carbocycles. The lowest BCUT2D eigenvalue weighted by Crippen LogP contribution is -2.46. The van der Waals surface area contributed by atoms with E-state index < -0.39 is 0 Å². The summed E-state index contributed by atoms with van der Waals surface area (Å²) in [7, 11) is 0. The fourth-order valence-electron chi connectivity index (χ4n) is 3.09. The molecular weight excluding hydrogens is 218 g/mol. The summed E-state index contributed by atoms with van der Waals surface area (Å²) in [6, 6.07) is 0. The Bertz CT molecular complexity index is 261. The number of likely N-dealkylation sites (tertiary alicyclic amines) is 1. The summed E-state index contributed by atoms with van der Waals surface area (Å²) in [6.07, 6.45) is 8.54. The van der Waals surface area contributed by atoms with Crippen LogP contribution in [0.1, 0.15) is 39.0 Å². The largest absolute Gasteiger partial charge is 0.301 e. The SMILES string of the molecule is CSC1(CN2CCC(=O)C(C)C2)CCCC1. The molecule has 2 aliphatic rings. The highest BCUT2D eigenvalue weighted by molar-refractivity contribution is 8.00. The molecule has 2 fully saturated rings. The zero-order chi connectivity index (χ0) is 11.6. The van der Waals surface area contributed by atoms with Crippen molar-refractivity contribution >= 4 is 17.5 Å². The highest BCUT2D eigenvalue weighted by Crippen LogP contribution is 2.41. The lowest BCUT2D eigenvalue weighted by Gasteiger charge is -2.37. The van der Waals surface area contributed by atoms with Crippen LogP contribution < -0.4 is 0 Å². The molecule has 1 saturated carbocycles. The second-order valence-corrected chi connectivity index (χ2v) is 6.72. The Kier molecular flexibility index (Phi) is 3.96. The van der Waals surface area contributed by atoms with Crippen molar-refractivity contribution in [3.8, 4) is 0 Å². The third-order valence-corrected chi connectivity index (χ3v) is 5.62. The maximum absolute atomic E-state index is 11.5. The maximum atomic E-state index is 11.5. The molecule has 0 N–H and O–H groups in total. The molecule has 1 aliphatic carbocycles. The van der Waals surface area contributed by atoms with Gasteiger partial charge in [0.05, 0.1) is 0 Å². The smallest absolute Gasteiger partial charge is 0.138 e. The monoisotopic (exact) mass is 241 g/mol. The van der Waals surface area contributed by atoms with Crippen LogP contribution in [0.15, 0.2) is 0 Å². The second kappa shape index (κ2) is 5.09. The Morgan fingerprint density at radius 3 is 2.69 bits per heavy atom. The van der Waals surface area contributed by atoms with Gasteiger partial charge in [-0.3, -0.25) is 4.79 Å². The van der Waals surface area contributed by atoms with Gasteiger partial charge in [-0.1, -0.05) is 19.8 Å². The Hall–Kier alpha value is -0.0200. The molecule has 1 saturated heterocycles. The molecule has 2 nitrogen and oxygen atoms in total. The fourth-order valence-corrected chi connectivity index (χ4v) is 4.10. The van der Waals surface area contributed by atoms with Crippen LogP contribution in [0.2, 0.25) is 0 Å². The van der Waals surface area contributed by atoms with E-state index in [-0.39, 0.29) is 5.92 Å². The zero-order valence-corrected chi connectivity index (χ0v) is 11.3. The quantitative estimate of drug-likeness (QED) is 0.757. The summed E-state index contributed by atoms with van der Waals surface area (Å²) in [4.78, 5) is 14.0. The van der Waals surface area contributed by atoms with Crippen LogP contribution in [-0.4, -0.2) is 41.3 Å². The summed E-state index contributed by atoms with van der Waals surface area (Å²) >= 11 is 2.05. The van der Waals surface area contributed by atoms with Gasteiger partial charge in [-0.2, -0.15) is 11.8 Å². The number of carbonyl (C=O) groups excluding carboxylic acids is 1. The van der Waals surface area contributed by atoms with Gasteiger partial charge >= 0.3 is 0 Å². The number of Topliss-reactive ketones (excluding diaryl/α,β-unsaturated/α-hetero) is 1. The number of hydrogen-bond acceptors (Lipinski definition) is 3. The maximum Gasteiger partial charge on any atom is 0.138 e. The van der Waals surface area contributed by atoms with Crippen LogP contribution in [0.5, 0.6) is 0 Å². The second-order valence-electron chi connectivity index (χ2n) is 5.45. The molecule has 1 heterocycles. The lowest BCUT2D eigenvalue weighted by molar-refractivity contribution is -0.125. The van der Waals surface area contributed by atoms with E-state index in [0.717, 1.165) is 19.5 Å². The number of piperidine rings is 1. The molecule has 0 spiro atoms. The number of nitrogens with zero attached hydrogens (tertiary/aromatic N) is 1. The number of thioether (sulfide) groups is 1. The minimum Gasteiger partial charge on any atom is -0.301 e. The minimum atomic E-state index is 0.258. The molecule has 0 bridgehead atoms. The molecule has 0 aromatic rings. The van der Waals surface area contributed by atoms with Crippen molar-refractivity contribution in [1.82, 2.24) is 4.90 Å². The molecule has 1 unspecified atom stereocenters. The average Bonchev–Trinajstić information content (AvgIpc) is 2.73. The van der Waals surface area contributed by atoms with Gasteiger partial charge in [-0.15, -0.1) is 0 Å². The van der Waals surface area contributed by atoms with Crippen LogP contribution in [0.25, 0.3) is 0 Å². The highest BCUT2D eigenvalue weighted by atomic mass is 32.2. The van der Waals surface area contributed by atoms with Crippen molar-refractivity contribution in [1.29, 1.82) is 0 Å². The summed E-state index contributed by atoms with van der Waals surface area (Å²) in [5.74, 6) is 0.718. The van der Waals surface area contributed by atoms with Crippen LogP contribution in [0, 0.1) is 5.92 Å². The van der Waals surface area contributed by atoms with E-state index in [1.807, 2.05) is 11.8 Å². The van der Waals surface area contributed by atoms with Gasteiger partial charge in [0.2, 0.25) is 0 Å². The molecule has 0 amide bonds. The Morgan fingerprint density at radius 2 is 2.12 bits per heavy atom.